The summed E-state index contributed by atoms with van der Waals surface area (Å²) in [6.07, 6.45) is 9.49. The number of thiophene rings is 1. The first-order chi connectivity index (χ1) is 13.8. The Kier molecular flexibility index (Phi) is 5.17. The van der Waals surface area contributed by atoms with Gasteiger partial charge in [0.15, 0.2) is 0 Å². The molecule has 1 N–H and O–H groups in total. The second-order valence-electron chi connectivity index (χ2n) is 8.12. The molecule has 7 nitrogen and oxygen atoms in total. The summed E-state index contributed by atoms with van der Waals surface area (Å²) >= 11 is 1.44. The van der Waals surface area contributed by atoms with E-state index in [4.69, 9.17) is 9.47 Å². The number of nitrogens with zero attached hydrogens (tertiary/aromatic N) is 3. The molecular formula is C20H26N4O3S. The van der Waals surface area contributed by atoms with Crippen LogP contribution in [-0.4, -0.2) is 52.4 Å². The second kappa shape index (κ2) is 7.93. The van der Waals surface area contributed by atoms with Crippen LogP contribution in [0.4, 0.5) is 0 Å². The number of hydrogen-bond donors (Lipinski definition) is 1. The molecule has 2 saturated heterocycles. The maximum Gasteiger partial charge on any atom is 0.261 e. The normalized spacial score (nSPS) is 30.4. The van der Waals surface area contributed by atoms with Crippen molar-refractivity contribution in [2.45, 2.75) is 62.8 Å². The molecule has 5 rings (SSSR count). The highest BCUT2D eigenvalue weighted by Crippen LogP contribution is 2.34. The van der Waals surface area contributed by atoms with Gasteiger partial charge in [0.05, 0.1) is 29.8 Å². The molecule has 8 heteroatoms. The molecule has 1 aliphatic carbocycles. The molecule has 2 aromatic rings. The smallest absolute Gasteiger partial charge is 0.261 e. The lowest BCUT2D eigenvalue weighted by atomic mass is 9.86. The van der Waals surface area contributed by atoms with E-state index in [2.05, 4.69) is 21.8 Å². The van der Waals surface area contributed by atoms with Gasteiger partial charge < -0.3 is 14.8 Å². The van der Waals surface area contributed by atoms with Crippen molar-refractivity contribution in [2.24, 2.45) is 5.92 Å². The van der Waals surface area contributed by atoms with Crippen LogP contribution in [0.2, 0.25) is 0 Å². The van der Waals surface area contributed by atoms with Crippen molar-refractivity contribution in [1.29, 1.82) is 0 Å². The van der Waals surface area contributed by atoms with Crippen LogP contribution in [0.5, 0.6) is 0 Å². The molecule has 0 radical (unpaired) electrons. The molecule has 150 valence electrons. The standard InChI is InChI=1S/C20H26N4O3S/c25-20(17-7-4-8-28-17)21-15-11-26-19-16(12-27-18(15)19)24-10-14(22-23-24)9-13-5-2-1-3-6-13/h4,7-8,10,13,15-16,18-19H,1-3,5-6,9,11-12H2,(H,21,25)/t15-,16-,18+,19+/m0/s1. The van der Waals surface area contributed by atoms with Crippen LogP contribution in [0.25, 0.3) is 0 Å². The average Bonchev–Trinajstić information content (AvgIpc) is 3.49. The van der Waals surface area contributed by atoms with Gasteiger partial charge in [0, 0.05) is 6.20 Å². The van der Waals surface area contributed by atoms with Gasteiger partial charge in [-0.1, -0.05) is 43.4 Å². The summed E-state index contributed by atoms with van der Waals surface area (Å²) in [5.74, 6) is 0.679. The van der Waals surface area contributed by atoms with E-state index in [-0.39, 0.29) is 30.2 Å². The number of carbonyl (C=O) groups excluding carboxylic acids is 1. The zero-order valence-electron chi connectivity index (χ0n) is 15.8. The van der Waals surface area contributed by atoms with Crippen LogP contribution < -0.4 is 5.32 Å². The summed E-state index contributed by atoms with van der Waals surface area (Å²) in [6, 6.07) is 3.59. The van der Waals surface area contributed by atoms with Gasteiger partial charge >= 0.3 is 0 Å². The predicted octanol–water partition coefficient (Wildman–Crippen LogP) is 2.60. The monoisotopic (exact) mass is 402 g/mol. The Hall–Kier alpha value is -1.77. The summed E-state index contributed by atoms with van der Waals surface area (Å²) < 4.78 is 13.9. The lowest BCUT2D eigenvalue weighted by molar-refractivity contribution is 0.0614. The second-order valence-corrected chi connectivity index (χ2v) is 9.07. The van der Waals surface area contributed by atoms with E-state index in [1.54, 1.807) is 0 Å². The number of nitrogens with one attached hydrogen (secondary N) is 1. The molecule has 4 atom stereocenters. The molecule has 28 heavy (non-hydrogen) atoms. The van der Waals surface area contributed by atoms with E-state index < -0.39 is 0 Å². The maximum atomic E-state index is 12.4. The highest BCUT2D eigenvalue weighted by molar-refractivity contribution is 7.12. The molecule has 1 saturated carbocycles. The van der Waals surface area contributed by atoms with Crippen molar-refractivity contribution in [3.8, 4) is 0 Å². The number of fused-ring (bicyclic) bond motifs is 1. The Labute approximate surface area is 168 Å². The number of ether oxygens (including phenoxy) is 2. The third-order valence-corrected chi connectivity index (χ3v) is 7.08. The molecule has 0 spiro atoms. The Bertz CT molecular complexity index is 802. The molecule has 3 aliphatic rings. The Morgan fingerprint density at radius 2 is 2.07 bits per heavy atom. The van der Waals surface area contributed by atoms with Crippen LogP contribution in [-0.2, 0) is 15.9 Å². The summed E-state index contributed by atoms with van der Waals surface area (Å²) in [7, 11) is 0. The van der Waals surface area contributed by atoms with Gasteiger partial charge in [0.1, 0.15) is 18.2 Å². The first-order valence-electron chi connectivity index (χ1n) is 10.3. The highest BCUT2D eigenvalue weighted by Gasteiger charge is 2.49. The minimum Gasteiger partial charge on any atom is -0.371 e. The van der Waals surface area contributed by atoms with Crippen molar-refractivity contribution < 1.29 is 14.3 Å². The number of rotatable bonds is 5. The fraction of sp³-hybridized carbons (Fsp3) is 0.650. The van der Waals surface area contributed by atoms with E-state index in [0.717, 1.165) is 18.0 Å². The maximum absolute atomic E-state index is 12.4. The molecule has 2 aliphatic heterocycles. The molecule has 0 unspecified atom stereocenters. The quantitative estimate of drug-likeness (QED) is 0.832. The number of hydrogen-bond acceptors (Lipinski definition) is 6. The lowest BCUT2D eigenvalue weighted by Crippen LogP contribution is -2.43. The fourth-order valence-corrected chi connectivity index (χ4v) is 5.36. The summed E-state index contributed by atoms with van der Waals surface area (Å²) in [4.78, 5) is 13.1. The van der Waals surface area contributed by atoms with E-state index in [9.17, 15) is 4.79 Å². The third-order valence-electron chi connectivity index (χ3n) is 6.21. The molecule has 0 aromatic carbocycles. The van der Waals surface area contributed by atoms with Crippen LogP contribution in [0.1, 0.15) is 53.5 Å². The van der Waals surface area contributed by atoms with Crippen molar-refractivity contribution in [3.05, 3.63) is 34.3 Å². The Balaban J connectivity index is 1.21. The van der Waals surface area contributed by atoms with Crippen LogP contribution in [0.15, 0.2) is 23.7 Å². The van der Waals surface area contributed by atoms with Crippen LogP contribution >= 0.6 is 11.3 Å². The first kappa shape index (κ1) is 18.3. The van der Waals surface area contributed by atoms with Crippen molar-refractivity contribution in [3.63, 3.8) is 0 Å². The predicted molar refractivity (Wildman–Crippen MR) is 104 cm³/mol. The largest absolute Gasteiger partial charge is 0.371 e. The third kappa shape index (κ3) is 3.60. The van der Waals surface area contributed by atoms with Gasteiger partial charge in [-0.05, 0) is 23.8 Å². The van der Waals surface area contributed by atoms with Crippen molar-refractivity contribution in [1.82, 2.24) is 20.3 Å². The van der Waals surface area contributed by atoms with E-state index in [0.29, 0.717) is 18.1 Å². The number of aromatic nitrogens is 3. The van der Waals surface area contributed by atoms with Crippen LogP contribution in [0.3, 0.4) is 0 Å². The van der Waals surface area contributed by atoms with E-state index in [1.165, 1.54) is 43.4 Å². The molecule has 1 amide bonds. The minimum atomic E-state index is -0.139. The highest BCUT2D eigenvalue weighted by atomic mass is 32.1. The summed E-state index contributed by atoms with van der Waals surface area (Å²) in [5, 5.41) is 13.7. The zero-order chi connectivity index (χ0) is 18.9. The molecular weight excluding hydrogens is 376 g/mol. The van der Waals surface area contributed by atoms with Crippen LogP contribution in [0, 0.1) is 5.92 Å². The molecule has 3 fully saturated rings. The zero-order valence-corrected chi connectivity index (χ0v) is 16.6. The van der Waals surface area contributed by atoms with Gasteiger partial charge in [-0.2, -0.15) is 0 Å². The topological polar surface area (TPSA) is 78.3 Å². The Morgan fingerprint density at radius 3 is 2.89 bits per heavy atom. The first-order valence-corrected chi connectivity index (χ1v) is 11.1. The minimum absolute atomic E-state index is 0.0150. The molecule has 4 heterocycles. The molecule has 0 bridgehead atoms. The van der Waals surface area contributed by atoms with E-state index >= 15 is 0 Å². The van der Waals surface area contributed by atoms with Gasteiger partial charge in [0.25, 0.3) is 5.91 Å². The fourth-order valence-electron chi connectivity index (χ4n) is 4.73. The van der Waals surface area contributed by atoms with Gasteiger partial charge in [-0.3, -0.25) is 4.79 Å². The average molecular weight is 403 g/mol. The van der Waals surface area contributed by atoms with Gasteiger partial charge in [-0.25, -0.2) is 4.68 Å². The van der Waals surface area contributed by atoms with Crippen molar-refractivity contribution in [2.75, 3.05) is 13.2 Å². The SMILES string of the molecule is O=C(N[C@H]1CO[C@H]2[C@@H]1OC[C@@H]2n1cc(CC2CCCCC2)nn1)c1cccs1. The summed E-state index contributed by atoms with van der Waals surface area (Å²) in [6.45, 7) is 1.000. The van der Waals surface area contributed by atoms with E-state index in [1.807, 2.05) is 22.2 Å². The summed E-state index contributed by atoms with van der Waals surface area (Å²) in [5.41, 5.74) is 1.07. The number of carbonyl (C=O) groups is 1. The van der Waals surface area contributed by atoms with Gasteiger partial charge in [-0.15, -0.1) is 16.4 Å². The molecule has 2 aromatic heterocycles. The Morgan fingerprint density at radius 1 is 1.21 bits per heavy atom. The lowest BCUT2D eigenvalue weighted by Gasteiger charge is -2.20. The number of amides is 1. The van der Waals surface area contributed by atoms with Crippen molar-refractivity contribution >= 4 is 17.2 Å². The van der Waals surface area contributed by atoms with Gasteiger partial charge in [0.2, 0.25) is 0 Å².